The molecule has 0 bridgehead atoms. The van der Waals surface area contributed by atoms with Crippen molar-refractivity contribution in [2.45, 2.75) is 6.92 Å². The van der Waals surface area contributed by atoms with Crippen LogP contribution in [0, 0.1) is 6.92 Å². The van der Waals surface area contributed by atoms with Crippen LogP contribution in [0.3, 0.4) is 0 Å². The van der Waals surface area contributed by atoms with Crippen LogP contribution >= 0.6 is 11.3 Å². The molecule has 0 aliphatic carbocycles. The van der Waals surface area contributed by atoms with Gasteiger partial charge in [-0.1, -0.05) is 17.4 Å². The normalized spacial score (nSPS) is 10.8. The Kier molecular flexibility index (Phi) is 1.48. The first-order valence-electron chi connectivity index (χ1n) is 3.59. The average Bonchev–Trinajstić information content (AvgIpc) is 2.39. The van der Waals surface area contributed by atoms with Crippen LogP contribution in [0.2, 0.25) is 0 Å². The van der Waals surface area contributed by atoms with Gasteiger partial charge in [-0.05, 0) is 18.6 Å². The van der Waals surface area contributed by atoms with Crippen molar-refractivity contribution >= 4 is 21.4 Å². The minimum absolute atomic E-state index is 0.242. The Morgan fingerprint density at radius 2 is 2.00 bits per heavy atom. The zero-order valence-electron chi connectivity index (χ0n) is 6.53. The van der Waals surface area contributed by atoms with Crippen molar-refractivity contribution < 1.29 is 10.2 Å². The highest BCUT2D eigenvalue weighted by atomic mass is 32.1. The van der Waals surface area contributed by atoms with Crippen LogP contribution < -0.4 is 0 Å². The number of hydrogen-bond donors (Lipinski definition) is 2. The zero-order chi connectivity index (χ0) is 8.72. The predicted octanol–water partition coefficient (Wildman–Crippen LogP) is 2.62. The standard InChI is InChI=1S/C9H8O2S/c1-5-2-3-7-6(9(5)11)4-8(10)12-7/h2-4,10-11H,1H3. The Balaban J connectivity index is 2.89. The van der Waals surface area contributed by atoms with E-state index in [9.17, 15) is 10.2 Å². The molecule has 0 saturated heterocycles. The summed E-state index contributed by atoms with van der Waals surface area (Å²) >= 11 is 1.27. The second kappa shape index (κ2) is 2.38. The SMILES string of the molecule is Cc1ccc2sc(O)cc2c1O. The molecular weight excluding hydrogens is 172 g/mol. The largest absolute Gasteiger partial charge is 0.507 e. The van der Waals surface area contributed by atoms with Crippen LogP contribution in [0.15, 0.2) is 18.2 Å². The monoisotopic (exact) mass is 180 g/mol. The van der Waals surface area contributed by atoms with Crippen molar-refractivity contribution in [3.05, 3.63) is 23.8 Å². The van der Waals surface area contributed by atoms with Gasteiger partial charge in [-0.15, -0.1) is 0 Å². The summed E-state index contributed by atoms with van der Waals surface area (Å²) in [4.78, 5) is 0. The number of aryl methyl sites for hydroxylation is 1. The van der Waals surface area contributed by atoms with Gasteiger partial charge in [0.1, 0.15) is 5.75 Å². The molecule has 3 heteroatoms. The Morgan fingerprint density at radius 3 is 2.75 bits per heavy atom. The summed E-state index contributed by atoms with van der Waals surface area (Å²) in [5.41, 5.74) is 0.834. The Labute approximate surface area is 73.7 Å². The number of hydrogen-bond acceptors (Lipinski definition) is 3. The topological polar surface area (TPSA) is 40.5 Å². The Bertz CT molecular complexity index is 431. The van der Waals surface area contributed by atoms with Gasteiger partial charge in [0.15, 0.2) is 5.06 Å². The quantitative estimate of drug-likeness (QED) is 0.654. The lowest BCUT2D eigenvalue weighted by molar-refractivity contribution is 0.476. The van der Waals surface area contributed by atoms with Gasteiger partial charge in [-0.25, -0.2) is 0 Å². The van der Waals surface area contributed by atoms with Crippen LogP contribution in [0.4, 0.5) is 0 Å². The highest BCUT2D eigenvalue weighted by Gasteiger charge is 2.06. The van der Waals surface area contributed by atoms with E-state index in [2.05, 4.69) is 0 Å². The molecule has 0 unspecified atom stereocenters. The summed E-state index contributed by atoms with van der Waals surface area (Å²) in [7, 11) is 0. The first kappa shape index (κ1) is 7.43. The number of phenolic OH excluding ortho intramolecular Hbond substituents is 1. The molecule has 0 aliphatic heterocycles. The first-order valence-corrected chi connectivity index (χ1v) is 4.41. The van der Waals surface area contributed by atoms with E-state index in [0.29, 0.717) is 0 Å². The van der Waals surface area contributed by atoms with Gasteiger partial charge in [-0.2, -0.15) is 0 Å². The molecule has 0 saturated carbocycles. The van der Waals surface area contributed by atoms with Gasteiger partial charge in [0.25, 0.3) is 0 Å². The van der Waals surface area contributed by atoms with Crippen molar-refractivity contribution in [1.82, 2.24) is 0 Å². The highest BCUT2D eigenvalue weighted by molar-refractivity contribution is 7.20. The molecule has 0 aliphatic rings. The third kappa shape index (κ3) is 0.940. The number of phenols is 1. The predicted molar refractivity (Wildman–Crippen MR) is 49.9 cm³/mol. The number of aromatic hydroxyl groups is 2. The summed E-state index contributed by atoms with van der Waals surface area (Å²) in [5.74, 6) is 0.268. The molecule has 2 N–H and O–H groups in total. The lowest BCUT2D eigenvalue weighted by Crippen LogP contribution is -1.72. The fraction of sp³-hybridized carbons (Fsp3) is 0.111. The molecule has 1 aromatic carbocycles. The summed E-state index contributed by atoms with van der Waals surface area (Å²) in [6.45, 7) is 1.84. The number of rotatable bonds is 0. The van der Waals surface area contributed by atoms with E-state index in [1.807, 2.05) is 19.1 Å². The molecule has 0 amide bonds. The van der Waals surface area contributed by atoms with E-state index < -0.39 is 0 Å². The van der Waals surface area contributed by atoms with Crippen LogP contribution in [0.25, 0.3) is 10.1 Å². The second-order valence-electron chi connectivity index (χ2n) is 2.73. The Morgan fingerprint density at radius 1 is 1.25 bits per heavy atom. The molecule has 2 nitrogen and oxygen atoms in total. The fourth-order valence-corrected chi connectivity index (χ4v) is 2.00. The van der Waals surface area contributed by atoms with E-state index >= 15 is 0 Å². The van der Waals surface area contributed by atoms with E-state index in [4.69, 9.17) is 0 Å². The lowest BCUT2D eigenvalue weighted by atomic mass is 10.1. The molecule has 2 rings (SSSR count). The maximum atomic E-state index is 9.57. The fourth-order valence-electron chi connectivity index (χ4n) is 1.19. The molecular formula is C9H8O2S. The highest BCUT2D eigenvalue weighted by Crippen LogP contribution is 2.37. The lowest BCUT2D eigenvalue weighted by Gasteiger charge is -1.97. The van der Waals surface area contributed by atoms with Gasteiger partial charge in [0.2, 0.25) is 0 Å². The average molecular weight is 180 g/mol. The van der Waals surface area contributed by atoms with Crippen LogP contribution in [-0.4, -0.2) is 10.2 Å². The zero-order valence-corrected chi connectivity index (χ0v) is 7.35. The summed E-state index contributed by atoms with van der Waals surface area (Å²) in [6.07, 6.45) is 0. The summed E-state index contributed by atoms with van der Waals surface area (Å²) in [6, 6.07) is 5.32. The van der Waals surface area contributed by atoms with E-state index in [1.165, 1.54) is 11.3 Å². The third-order valence-electron chi connectivity index (χ3n) is 1.86. The maximum Gasteiger partial charge on any atom is 0.172 e. The van der Waals surface area contributed by atoms with Gasteiger partial charge < -0.3 is 10.2 Å². The molecule has 1 aromatic heterocycles. The van der Waals surface area contributed by atoms with Crippen LogP contribution in [0.1, 0.15) is 5.56 Å². The van der Waals surface area contributed by atoms with Gasteiger partial charge in [-0.3, -0.25) is 0 Å². The van der Waals surface area contributed by atoms with Gasteiger partial charge in [0.05, 0.1) is 0 Å². The van der Waals surface area contributed by atoms with Crippen molar-refractivity contribution in [2.24, 2.45) is 0 Å². The summed E-state index contributed by atoms with van der Waals surface area (Å²) < 4.78 is 0.913. The molecule has 1 heterocycles. The molecule has 0 radical (unpaired) electrons. The number of thiophene rings is 1. The molecule has 0 fully saturated rings. The van der Waals surface area contributed by atoms with Crippen molar-refractivity contribution in [2.75, 3.05) is 0 Å². The van der Waals surface area contributed by atoms with Crippen molar-refractivity contribution in [3.8, 4) is 10.8 Å². The van der Waals surface area contributed by atoms with Crippen LogP contribution in [-0.2, 0) is 0 Å². The van der Waals surface area contributed by atoms with E-state index in [1.54, 1.807) is 6.07 Å². The maximum absolute atomic E-state index is 9.57. The summed E-state index contributed by atoms with van der Waals surface area (Å²) in [5, 5.41) is 19.7. The molecule has 12 heavy (non-hydrogen) atoms. The third-order valence-corrected chi connectivity index (χ3v) is 2.76. The van der Waals surface area contributed by atoms with Crippen molar-refractivity contribution in [1.29, 1.82) is 0 Å². The minimum atomic E-state index is 0.242. The number of benzene rings is 1. The molecule has 0 atom stereocenters. The minimum Gasteiger partial charge on any atom is -0.507 e. The smallest absolute Gasteiger partial charge is 0.172 e. The second-order valence-corrected chi connectivity index (χ2v) is 3.79. The molecule has 2 aromatic rings. The first-order chi connectivity index (χ1) is 5.68. The number of fused-ring (bicyclic) bond motifs is 1. The molecule has 0 spiro atoms. The van der Waals surface area contributed by atoms with Gasteiger partial charge >= 0.3 is 0 Å². The van der Waals surface area contributed by atoms with E-state index in [-0.39, 0.29) is 10.8 Å². The van der Waals surface area contributed by atoms with Gasteiger partial charge in [0, 0.05) is 16.2 Å². The molecule has 62 valence electrons. The van der Waals surface area contributed by atoms with E-state index in [0.717, 1.165) is 15.6 Å². The van der Waals surface area contributed by atoms with Crippen LogP contribution in [0.5, 0.6) is 10.8 Å². The Hall–Kier alpha value is -1.22. The van der Waals surface area contributed by atoms with Crippen molar-refractivity contribution in [3.63, 3.8) is 0 Å².